The largest absolute Gasteiger partial charge is 0.376 e. The van der Waals surface area contributed by atoms with Gasteiger partial charge in [0.15, 0.2) is 0 Å². The average Bonchev–Trinajstić information content (AvgIpc) is 2.64. The van der Waals surface area contributed by atoms with Crippen molar-refractivity contribution >= 4 is 15.9 Å². The van der Waals surface area contributed by atoms with Crippen LogP contribution in [-0.4, -0.2) is 62.7 Å². The summed E-state index contributed by atoms with van der Waals surface area (Å²) in [5.74, 6) is 0. The van der Waals surface area contributed by atoms with Gasteiger partial charge in [0.1, 0.15) is 13.0 Å². The molecule has 0 bridgehead atoms. The molecule has 0 amide bonds. The van der Waals surface area contributed by atoms with Crippen LogP contribution in [-0.2, 0) is 20.8 Å². The van der Waals surface area contributed by atoms with Gasteiger partial charge >= 0.3 is 0 Å². The zero-order valence-electron chi connectivity index (χ0n) is 15.4. The van der Waals surface area contributed by atoms with Crippen LogP contribution in [0, 0.1) is 0 Å². The molecular weight excluding hydrogens is 401 g/mol. The number of hydrogen-bond donors (Lipinski definition) is 0. The van der Waals surface area contributed by atoms with Crippen molar-refractivity contribution in [1.82, 2.24) is 4.90 Å². The number of hydrogen-bond acceptors (Lipinski definition) is 4. The van der Waals surface area contributed by atoms with Crippen LogP contribution in [0.5, 0.6) is 0 Å². The molecule has 2 atom stereocenters. The fourth-order valence-electron chi connectivity index (χ4n) is 2.86. The van der Waals surface area contributed by atoms with Crippen molar-refractivity contribution in [3.05, 3.63) is 47.5 Å². The summed E-state index contributed by atoms with van der Waals surface area (Å²) in [6.45, 7) is 4.28. The number of methoxy groups -OCH3 is 1. The van der Waals surface area contributed by atoms with E-state index in [1.165, 1.54) is 18.2 Å². The topological polar surface area (TPSA) is 30.9 Å². The van der Waals surface area contributed by atoms with E-state index in [0.29, 0.717) is 19.6 Å². The third kappa shape index (κ3) is 8.73. The molecule has 2 rings (SSSR count). The minimum atomic E-state index is -1.02. The SMILES string of the molecule is COCOCC(F)CC(Br)COCC1=CCN(Cc2ccccc2)CC1. The Bertz CT molecular complexity index is 529. The summed E-state index contributed by atoms with van der Waals surface area (Å²) in [5.41, 5.74) is 2.67. The number of ether oxygens (including phenoxy) is 3. The molecule has 146 valence electrons. The normalized spacial score (nSPS) is 17.7. The summed E-state index contributed by atoms with van der Waals surface area (Å²) in [6, 6.07) is 10.5. The number of alkyl halides is 2. The van der Waals surface area contributed by atoms with Gasteiger partial charge in [0.05, 0.1) is 19.8 Å². The Balaban J connectivity index is 1.58. The van der Waals surface area contributed by atoms with Crippen molar-refractivity contribution in [2.75, 3.05) is 46.8 Å². The molecule has 0 saturated heterocycles. The highest BCUT2D eigenvalue weighted by Crippen LogP contribution is 2.16. The van der Waals surface area contributed by atoms with E-state index in [0.717, 1.165) is 26.1 Å². The Kier molecular flexibility index (Phi) is 10.4. The second kappa shape index (κ2) is 12.6. The van der Waals surface area contributed by atoms with E-state index in [-0.39, 0.29) is 18.2 Å². The van der Waals surface area contributed by atoms with Gasteiger partial charge in [0, 0.05) is 31.6 Å². The molecule has 1 heterocycles. The van der Waals surface area contributed by atoms with Crippen molar-refractivity contribution in [3.8, 4) is 0 Å². The monoisotopic (exact) mass is 429 g/mol. The van der Waals surface area contributed by atoms with Gasteiger partial charge in [-0.15, -0.1) is 0 Å². The summed E-state index contributed by atoms with van der Waals surface area (Å²) in [4.78, 5) is 2.42. The maximum Gasteiger partial charge on any atom is 0.146 e. The van der Waals surface area contributed by atoms with Crippen LogP contribution in [0.3, 0.4) is 0 Å². The quantitative estimate of drug-likeness (QED) is 0.218. The van der Waals surface area contributed by atoms with Crippen LogP contribution in [0.2, 0.25) is 0 Å². The molecule has 1 aromatic rings. The van der Waals surface area contributed by atoms with Gasteiger partial charge in [0.2, 0.25) is 0 Å². The number of benzene rings is 1. The summed E-state index contributed by atoms with van der Waals surface area (Å²) in [6.07, 6.45) is 2.63. The third-order valence-corrected chi connectivity index (χ3v) is 4.87. The molecular formula is C20H29BrFNO3. The van der Waals surface area contributed by atoms with E-state index in [1.54, 1.807) is 0 Å². The maximum absolute atomic E-state index is 13.7. The van der Waals surface area contributed by atoms with Crippen LogP contribution in [0.15, 0.2) is 42.0 Å². The lowest BCUT2D eigenvalue weighted by molar-refractivity contribution is -0.0490. The molecule has 0 aromatic heterocycles. The summed E-state index contributed by atoms with van der Waals surface area (Å²) >= 11 is 3.48. The lowest BCUT2D eigenvalue weighted by atomic mass is 10.1. The summed E-state index contributed by atoms with van der Waals surface area (Å²) < 4.78 is 29.2. The molecule has 26 heavy (non-hydrogen) atoms. The predicted octanol–water partition coefficient (Wildman–Crippen LogP) is 3.95. The molecule has 1 aromatic carbocycles. The molecule has 1 aliphatic rings. The Hall–Kier alpha value is -0.790. The van der Waals surface area contributed by atoms with Crippen LogP contribution in [0.4, 0.5) is 4.39 Å². The maximum atomic E-state index is 13.7. The Morgan fingerprint density at radius 3 is 2.69 bits per heavy atom. The van der Waals surface area contributed by atoms with E-state index in [1.807, 2.05) is 6.07 Å². The van der Waals surface area contributed by atoms with Gasteiger partial charge in [-0.2, -0.15) is 0 Å². The Labute approximate surface area is 164 Å². The lowest BCUT2D eigenvalue weighted by Gasteiger charge is -2.26. The van der Waals surface area contributed by atoms with Crippen molar-refractivity contribution in [2.24, 2.45) is 0 Å². The second-order valence-corrected chi connectivity index (χ2v) is 7.85. The number of halogens is 2. The first-order chi connectivity index (χ1) is 12.7. The van der Waals surface area contributed by atoms with Crippen LogP contribution in [0.25, 0.3) is 0 Å². The molecule has 0 N–H and O–H groups in total. The van der Waals surface area contributed by atoms with E-state index < -0.39 is 6.17 Å². The zero-order chi connectivity index (χ0) is 18.6. The number of nitrogens with zero attached hydrogens (tertiary/aromatic N) is 1. The molecule has 4 nitrogen and oxygen atoms in total. The minimum absolute atomic E-state index is 0.0117. The molecule has 0 saturated carbocycles. The molecule has 0 fully saturated rings. The highest BCUT2D eigenvalue weighted by molar-refractivity contribution is 9.09. The van der Waals surface area contributed by atoms with Gasteiger partial charge < -0.3 is 14.2 Å². The summed E-state index contributed by atoms with van der Waals surface area (Å²) in [7, 11) is 1.52. The number of rotatable bonds is 12. The van der Waals surface area contributed by atoms with Gasteiger partial charge in [-0.05, 0) is 24.0 Å². The van der Waals surface area contributed by atoms with Gasteiger partial charge in [-0.1, -0.05) is 52.3 Å². The van der Waals surface area contributed by atoms with Crippen molar-refractivity contribution in [3.63, 3.8) is 0 Å². The van der Waals surface area contributed by atoms with Gasteiger partial charge in [-0.3, -0.25) is 4.90 Å². The summed E-state index contributed by atoms with van der Waals surface area (Å²) in [5, 5.41) is 0. The fraction of sp³-hybridized carbons (Fsp3) is 0.600. The third-order valence-electron chi connectivity index (χ3n) is 4.23. The lowest BCUT2D eigenvalue weighted by Crippen LogP contribution is -2.29. The first-order valence-corrected chi connectivity index (χ1v) is 9.95. The zero-order valence-corrected chi connectivity index (χ0v) is 17.0. The van der Waals surface area contributed by atoms with Crippen LogP contribution < -0.4 is 0 Å². The predicted molar refractivity (Wildman–Crippen MR) is 105 cm³/mol. The molecule has 1 aliphatic heterocycles. The first-order valence-electron chi connectivity index (χ1n) is 9.04. The van der Waals surface area contributed by atoms with Crippen molar-refractivity contribution < 1.29 is 18.6 Å². The molecule has 2 unspecified atom stereocenters. The smallest absolute Gasteiger partial charge is 0.146 e. The minimum Gasteiger partial charge on any atom is -0.376 e. The standard InChI is InChI=1S/C20H29BrFNO3/c1-24-16-26-15-20(22)11-19(21)14-25-13-18-7-9-23(10-8-18)12-17-5-3-2-4-6-17/h2-7,19-20H,8-16H2,1H3. The van der Waals surface area contributed by atoms with E-state index in [2.05, 4.69) is 51.2 Å². The van der Waals surface area contributed by atoms with E-state index in [4.69, 9.17) is 14.2 Å². The van der Waals surface area contributed by atoms with Gasteiger partial charge in [-0.25, -0.2) is 4.39 Å². The van der Waals surface area contributed by atoms with Crippen molar-refractivity contribution in [1.29, 1.82) is 0 Å². The Morgan fingerprint density at radius 2 is 2.00 bits per heavy atom. The molecule has 0 aliphatic carbocycles. The van der Waals surface area contributed by atoms with E-state index in [9.17, 15) is 4.39 Å². The van der Waals surface area contributed by atoms with Crippen LogP contribution in [0.1, 0.15) is 18.4 Å². The molecule has 6 heteroatoms. The van der Waals surface area contributed by atoms with Crippen molar-refractivity contribution in [2.45, 2.75) is 30.4 Å². The second-order valence-electron chi connectivity index (χ2n) is 6.56. The van der Waals surface area contributed by atoms with Gasteiger partial charge in [0.25, 0.3) is 0 Å². The highest BCUT2D eigenvalue weighted by Gasteiger charge is 2.15. The first kappa shape index (κ1) is 21.5. The Morgan fingerprint density at radius 1 is 1.19 bits per heavy atom. The van der Waals surface area contributed by atoms with Crippen LogP contribution >= 0.6 is 15.9 Å². The molecule has 0 spiro atoms. The average molecular weight is 430 g/mol. The highest BCUT2D eigenvalue weighted by atomic mass is 79.9. The fourth-order valence-corrected chi connectivity index (χ4v) is 3.45. The van der Waals surface area contributed by atoms with E-state index >= 15 is 0 Å². The molecule has 0 radical (unpaired) electrons.